The van der Waals surface area contributed by atoms with Crippen molar-refractivity contribution in [2.75, 3.05) is 13.2 Å². The van der Waals surface area contributed by atoms with Crippen LogP contribution in [0.1, 0.15) is 102 Å². The molecule has 1 aliphatic rings. The molecule has 1 aliphatic carbocycles. The zero-order chi connectivity index (χ0) is 26.1. The number of carbonyl (C=O) groups excluding carboxylic acids is 1. The van der Waals surface area contributed by atoms with Crippen molar-refractivity contribution in [3.8, 4) is 17.1 Å². The number of ether oxygens (including phenoxy) is 2. The van der Waals surface area contributed by atoms with Crippen molar-refractivity contribution in [1.82, 2.24) is 9.97 Å². The van der Waals surface area contributed by atoms with E-state index in [4.69, 9.17) is 14.5 Å². The summed E-state index contributed by atoms with van der Waals surface area (Å²) in [5.74, 6) is 1.39. The van der Waals surface area contributed by atoms with E-state index in [2.05, 4.69) is 18.8 Å². The van der Waals surface area contributed by atoms with Crippen molar-refractivity contribution >= 4 is 18.1 Å². The van der Waals surface area contributed by atoms with Crippen molar-refractivity contribution < 1.29 is 14.3 Å². The Hall–Kier alpha value is -3.08. The number of hydrogen-bond donors (Lipinski definition) is 1. The minimum Gasteiger partial charge on any atom is -0.494 e. The number of H-pyrrole nitrogens is 1. The van der Waals surface area contributed by atoms with Crippen molar-refractivity contribution in [3.05, 3.63) is 59.5 Å². The molecule has 0 saturated carbocycles. The number of aromatic nitrogens is 2. The fourth-order valence-corrected chi connectivity index (χ4v) is 4.31. The maximum absolute atomic E-state index is 12.5. The number of rotatable bonds is 17. The Balaban J connectivity index is 1.47. The summed E-state index contributed by atoms with van der Waals surface area (Å²) in [6, 6.07) is 8.05. The lowest BCUT2D eigenvalue weighted by Gasteiger charge is -2.06. The molecule has 3 rings (SSSR count). The molecule has 1 aromatic heterocycles. The monoisotopic (exact) mass is 504 g/mol. The molecule has 0 fully saturated rings. The number of aromatic amines is 1. The number of carbonyl (C=O) groups is 1. The molecule has 1 heterocycles. The van der Waals surface area contributed by atoms with Crippen molar-refractivity contribution in [2.24, 2.45) is 0 Å². The normalized spacial score (nSPS) is 15.7. The number of esters is 1. The second-order valence-corrected chi connectivity index (χ2v) is 9.74. The predicted octanol–water partition coefficient (Wildman–Crippen LogP) is 8.69. The number of fused-ring (bicyclic) bond motifs is 1. The van der Waals surface area contributed by atoms with Gasteiger partial charge in [-0.1, -0.05) is 84.1 Å². The summed E-state index contributed by atoms with van der Waals surface area (Å²) in [7, 11) is 0. The molecule has 0 radical (unpaired) electrons. The van der Waals surface area contributed by atoms with Gasteiger partial charge in [0.1, 0.15) is 11.6 Å². The van der Waals surface area contributed by atoms with E-state index < -0.39 is 0 Å². The van der Waals surface area contributed by atoms with E-state index in [-0.39, 0.29) is 5.97 Å². The van der Waals surface area contributed by atoms with E-state index in [0.717, 1.165) is 54.4 Å². The average Bonchev–Trinajstić information content (AvgIpc) is 3.30. The van der Waals surface area contributed by atoms with Gasteiger partial charge in [0.15, 0.2) is 0 Å². The molecule has 5 nitrogen and oxygen atoms in total. The smallest absolute Gasteiger partial charge is 0.338 e. The molecular weight excluding hydrogens is 460 g/mol. The number of imidazole rings is 1. The van der Waals surface area contributed by atoms with Gasteiger partial charge in [-0.15, -0.1) is 0 Å². The Morgan fingerprint density at radius 1 is 0.784 bits per heavy atom. The number of nitrogens with zero attached hydrogens (tertiary/aromatic N) is 1. The molecule has 0 saturated heterocycles. The van der Waals surface area contributed by atoms with E-state index in [9.17, 15) is 4.79 Å². The quantitative estimate of drug-likeness (QED) is 0.173. The third-order valence-electron chi connectivity index (χ3n) is 6.58. The SMILES string of the molecule is CCCCCCCCOC(=O)C1=C/C=C\c2[nH]c(-c3ccc(OCCCCCCCC)cc3)nc2/C=C\1. The summed E-state index contributed by atoms with van der Waals surface area (Å²) < 4.78 is 11.4. The summed E-state index contributed by atoms with van der Waals surface area (Å²) in [6.07, 6.45) is 23.8. The molecule has 0 amide bonds. The van der Waals surface area contributed by atoms with E-state index >= 15 is 0 Å². The Labute approximate surface area is 223 Å². The Kier molecular flexibility index (Phi) is 12.8. The molecule has 200 valence electrons. The van der Waals surface area contributed by atoms with Crippen LogP contribution in [0.5, 0.6) is 5.75 Å². The van der Waals surface area contributed by atoms with Gasteiger partial charge in [-0.2, -0.15) is 0 Å². The first-order valence-electron chi connectivity index (χ1n) is 14.3. The third kappa shape index (κ3) is 10.1. The minimum absolute atomic E-state index is 0.287. The standard InChI is InChI=1S/C32H44N2O3/c1-3-5-7-9-11-13-24-36-28-21-18-26(19-22-28)31-33-29-17-15-16-27(20-23-30(29)34-31)32(35)37-25-14-12-10-8-6-4-2/h15-23H,3-14,24-25H2,1-2H3,(H,33,34)/b16-15?,17-15-,23-20-,27-16+,27-20?,29-17?,30-23?. The average molecular weight is 505 g/mol. The van der Waals surface area contributed by atoms with E-state index in [1.807, 2.05) is 42.5 Å². The van der Waals surface area contributed by atoms with Crippen LogP contribution in [0.2, 0.25) is 0 Å². The molecule has 1 aromatic carbocycles. The maximum atomic E-state index is 12.5. The zero-order valence-electron chi connectivity index (χ0n) is 22.8. The van der Waals surface area contributed by atoms with Crippen LogP contribution in [0.3, 0.4) is 0 Å². The highest BCUT2D eigenvalue weighted by Crippen LogP contribution is 2.24. The largest absolute Gasteiger partial charge is 0.494 e. The predicted molar refractivity (Wildman–Crippen MR) is 153 cm³/mol. The van der Waals surface area contributed by atoms with Crippen LogP contribution >= 0.6 is 0 Å². The molecule has 0 aliphatic heterocycles. The van der Waals surface area contributed by atoms with Crippen LogP contribution in [0.25, 0.3) is 23.5 Å². The zero-order valence-corrected chi connectivity index (χ0v) is 22.8. The molecular formula is C32H44N2O3. The molecule has 37 heavy (non-hydrogen) atoms. The Morgan fingerprint density at radius 3 is 2.14 bits per heavy atom. The lowest BCUT2D eigenvalue weighted by atomic mass is 10.1. The lowest BCUT2D eigenvalue weighted by molar-refractivity contribution is -0.138. The van der Waals surface area contributed by atoms with Gasteiger partial charge in [-0.05, 0) is 61.4 Å². The Morgan fingerprint density at radius 2 is 1.43 bits per heavy atom. The molecule has 0 spiro atoms. The molecule has 0 atom stereocenters. The van der Waals surface area contributed by atoms with E-state index in [0.29, 0.717) is 12.2 Å². The van der Waals surface area contributed by atoms with Gasteiger partial charge in [-0.25, -0.2) is 9.78 Å². The summed E-state index contributed by atoms with van der Waals surface area (Å²) in [5.41, 5.74) is 3.23. The van der Waals surface area contributed by atoms with Gasteiger partial charge >= 0.3 is 5.97 Å². The first kappa shape index (κ1) is 28.5. The molecule has 1 N–H and O–H groups in total. The molecule has 5 heteroatoms. The third-order valence-corrected chi connectivity index (χ3v) is 6.58. The fourth-order valence-electron chi connectivity index (χ4n) is 4.31. The highest BCUT2D eigenvalue weighted by molar-refractivity contribution is 5.94. The van der Waals surface area contributed by atoms with Gasteiger partial charge in [0, 0.05) is 5.56 Å². The topological polar surface area (TPSA) is 64.2 Å². The van der Waals surface area contributed by atoms with E-state index in [1.165, 1.54) is 57.8 Å². The second kappa shape index (κ2) is 16.6. The van der Waals surface area contributed by atoms with Crippen LogP contribution in [-0.2, 0) is 9.53 Å². The first-order valence-corrected chi connectivity index (χ1v) is 14.3. The van der Waals surface area contributed by atoms with Gasteiger partial charge in [0.25, 0.3) is 0 Å². The lowest BCUT2D eigenvalue weighted by Crippen LogP contribution is -2.08. The second-order valence-electron chi connectivity index (χ2n) is 9.74. The van der Waals surface area contributed by atoms with Crippen LogP contribution in [0, 0.1) is 0 Å². The van der Waals surface area contributed by atoms with Crippen LogP contribution in [-0.4, -0.2) is 29.2 Å². The minimum atomic E-state index is -0.287. The summed E-state index contributed by atoms with van der Waals surface area (Å²) in [4.78, 5) is 20.6. The summed E-state index contributed by atoms with van der Waals surface area (Å²) >= 11 is 0. The van der Waals surface area contributed by atoms with Gasteiger partial charge in [0.2, 0.25) is 0 Å². The fraction of sp³-hybridized carbons (Fsp3) is 0.500. The van der Waals surface area contributed by atoms with E-state index in [1.54, 1.807) is 12.2 Å². The van der Waals surface area contributed by atoms with Crippen molar-refractivity contribution in [1.29, 1.82) is 0 Å². The number of benzene rings is 1. The van der Waals surface area contributed by atoms with Crippen LogP contribution in [0.15, 0.2) is 48.1 Å². The molecule has 0 unspecified atom stereocenters. The van der Waals surface area contributed by atoms with Gasteiger partial charge in [0.05, 0.1) is 30.2 Å². The van der Waals surface area contributed by atoms with Crippen LogP contribution in [0.4, 0.5) is 0 Å². The molecule has 2 aromatic rings. The Bertz CT molecular complexity index is 1030. The van der Waals surface area contributed by atoms with Crippen LogP contribution < -0.4 is 4.74 Å². The van der Waals surface area contributed by atoms with Gasteiger partial charge < -0.3 is 14.5 Å². The van der Waals surface area contributed by atoms with Crippen molar-refractivity contribution in [2.45, 2.75) is 90.9 Å². The number of allylic oxidation sites excluding steroid dienone is 2. The number of nitrogens with one attached hydrogen (secondary N) is 1. The maximum Gasteiger partial charge on any atom is 0.338 e. The summed E-state index contributed by atoms with van der Waals surface area (Å²) in [5, 5.41) is 0. The van der Waals surface area contributed by atoms with Crippen molar-refractivity contribution in [3.63, 3.8) is 0 Å². The highest BCUT2D eigenvalue weighted by atomic mass is 16.5. The first-order chi connectivity index (χ1) is 18.2. The number of hydrogen-bond acceptors (Lipinski definition) is 4. The number of unbranched alkanes of at least 4 members (excludes halogenated alkanes) is 10. The molecule has 0 bridgehead atoms. The van der Waals surface area contributed by atoms with Gasteiger partial charge in [-0.3, -0.25) is 0 Å². The highest BCUT2D eigenvalue weighted by Gasteiger charge is 2.12. The summed E-state index contributed by atoms with van der Waals surface area (Å²) in [6.45, 7) is 5.68.